The van der Waals surface area contributed by atoms with Gasteiger partial charge in [0.05, 0.1) is 18.0 Å². The normalized spacial score (nSPS) is 17.2. The number of amides is 1. The Morgan fingerprint density at radius 2 is 1.79 bits per heavy atom. The molecule has 0 atom stereocenters. The molecule has 0 aliphatic heterocycles. The van der Waals surface area contributed by atoms with Crippen molar-refractivity contribution in [3.63, 3.8) is 0 Å². The number of carbonyl (C=O) groups excluding carboxylic acids is 2. The van der Waals surface area contributed by atoms with E-state index in [4.69, 9.17) is 4.98 Å². The fourth-order valence-corrected chi connectivity index (χ4v) is 5.25. The number of benzene rings is 2. The van der Waals surface area contributed by atoms with Gasteiger partial charge in [0.2, 0.25) is 5.95 Å². The van der Waals surface area contributed by atoms with E-state index in [0.717, 1.165) is 48.2 Å². The number of anilines is 1. The number of nitrogens with zero attached hydrogens (tertiary/aromatic N) is 4. The summed E-state index contributed by atoms with van der Waals surface area (Å²) >= 11 is 0. The molecule has 0 saturated heterocycles. The Balaban J connectivity index is 1.26. The summed E-state index contributed by atoms with van der Waals surface area (Å²) in [5, 5.41) is 16.9. The van der Waals surface area contributed by atoms with Gasteiger partial charge < -0.3 is 5.11 Å². The average molecular weight is 526 g/mol. The highest BCUT2D eigenvalue weighted by Crippen LogP contribution is 2.28. The van der Waals surface area contributed by atoms with Crippen molar-refractivity contribution in [1.29, 1.82) is 0 Å². The molecular formula is C31H35N5O3. The molecule has 4 aromatic rings. The number of carbonyl (C=O) groups is 2. The van der Waals surface area contributed by atoms with Gasteiger partial charge in [-0.1, -0.05) is 30.3 Å². The number of para-hydroxylation sites is 1. The van der Waals surface area contributed by atoms with Crippen LogP contribution < -0.4 is 5.32 Å². The minimum absolute atomic E-state index is 0.198. The first kappa shape index (κ1) is 26.6. The second kappa shape index (κ2) is 12.2. The number of hydrogen-bond acceptors (Lipinski definition) is 5. The third-order valence-electron chi connectivity index (χ3n) is 7.40. The van der Waals surface area contributed by atoms with Crippen LogP contribution >= 0.6 is 0 Å². The number of aromatic nitrogens is 4. The largest absolute Gasteiger partial charge is 0.393 e. The van der Waals surface area contributed by atoms with Gasteiger partial charge in [0.25, 0.3) is 5.91 Å². The minimum atomic E-state index is -0.247. The van der Waals surface area contributed by atoms with Gasteiger partial charge in [0.15, 0.2) is 0 Å². The molecule has 8 nitrogen and oxygen atoms in total. The molecule has 39 heavy (non-hydrogen) atoms. The first-order chi connectivity index (χ1) is 18.9. The highest BCUT2D eigenvalue weighted by atomic mass is 16.3. The van der Waals surface area contributed by atoms with E-state index < -0.39 is 0 Å². The summed E-state index contributed by atoms with van der Waals surface area (Å²) in [5.41, 5.74) is 4.10. The third kappa shape index (κ3) is 6.89. The van der Waals surface area contributed by atoms with Gasteiger partial charge in [0.1, 0.15) is 5.78 Å². The second-order valence-electron chi connectivity index (χ2n) is 10.5. The van der Waals surface area contributed by atoms with Gasteiger partial charge in [0, 0.05) is 49.1 Å². The van der Waals surface area contributed by atoms with Crippen LogP contribution in [0.1, 0.15) is 61.0 Å². The molecule has 0 unspecified atom stereocenters. The molecule has 202 valence electrons. The van der Waals surface area contributed by atoms with Gasteiger partial charge in [-0.3, -0.25) is 24.2 Å². The first-order valence-corrected chi connectivity index (χ1v) is 13.7. The summed E-state index contributed by atoms with van der Waals surface area (Å²) in [6.07, 6.45) is 11.4. The molecule has 8 heteroatoms. The molecule has 1 fully saturated rings. The number of hydrogen-bond donors (Lipinski definition) is 2. The molecule has 2 aromatic carbocycles. The summed E-state index contributed by atoms with van der Waals surface area (Å²) in [6.45, 7) is 0. The molecular weight excluding hydrogens is 490 g/mol. The summed E-state index contributed by atoms with van der Waals surface area (Å²) < 4.78 is 3.61. The zero-order valence-corrected chi connectivity index (χ0v) is 22.3. The summed E-state index contributed by atoms with van der Waals surface area (Å²) in [6, 6.07) is 17.2. The summed E-state index contributed by atoms with van der Waals surface area (Å²) in [7, 11) is 1.86. The Kier molecular flexibility index (Phi) is 8.32. The Morgan fingerprint density at radius 1 is 1.00 bits per heavy atom. The number of rotatable bonds is 10. The fourth-order valence-electron chi connectivity index (χ4n) is 5.25. The van der Waals surface area contributed by atoms with Crippen LogP contribution in [0.3, 0.4) is 0 Å². The van der Waals surface area contributed by atoms with Crippen LogP contribution in [0.25, 0.3) is 16.8 Å². The van der Waals surface area contributed by atoms with Crippen LogP contribution in [-0.4, -0.2) is 42.2 Å². The molecule has 2 heterocycles. The van der Waals surface area contributed by atoms with E-state index in [0.29, 0.717) is 43.1 Å². The fraction of sp³-hybridized carbons (Fsp3) is 0.355. The van der Waals surface area contributed by atoms with Crippen molar-refractivity contribution in [3.8, 4) is 16.8 Å². The highest BCUT2D eigenvalue weighted by Gasteiger charge is 2.21. The van der Waals surface area contributed by atoms with E-state index >= 15 is 0 Å². The van der Waals surface area contributed by atoms with Gasteiger partial charge in [-0.2, -0.15) is 5.10 Å². The zero-order valence-electron chi connectivity index (χ0n) is 22.3. The quantitative estimate of drug-likeness (QED) is 0.290. The SMILES string of the molecule is Cn1cc(-c2cccc(C(=O)Nc3nc(CCCC(=O)CC4CCC(O)CC4)cn3-c3ccccc3)c2)cn1. The van der Waals surface area contributed by atoms with E-state index in [2.05, 4.69) is 10.4 Å². The van der Waals surface area contributed by atoms with Crippen molar-refractivity contribution in [1.82, 2.24) is 19.3 Å². The average Bonchev–Trinajstić information content (AvgIpc) is 3.56. The molecule has 0 radical (unpaired) electrons. The standard InChI is InChI=1S/C31H35N5O3/c1-35-20-25(19-32-35)23-7-5-8-24(18-23)30(39)34-31-33-26(21-36(31)27-10-3-2-4-11-27)9-6-12-29(38)17-22-13-15-28(37)16-14-22/h2-5,7-8,10-11,18-22,28,37H,6,9,12-17H2,1H3,(H,33,34,39). The molecule has 0 spiro atoms. The lowest BCUT2D eigenvalue weighted by atomic mass is 9.84. The Morgan fingerprint density at radius 3 is 2.54 bits per heavy atom. The maximum absolute atomic E-state index is 13.3. The second-order valence-corrected chi connectivity index (χ2v) is 10.5. The maximum Gasteiger partial charge on any atom is 0.258 e. The summed E-state index contributed by atoms with van der Waals surface area (Å²) in [4.78, 5) is 30.6. The number of ketones is 1. The van der Waals surface area contributed by atoms with E-state index in [1.807, 2.05) is 72.5 Å². The molecule has 1 amide bonds. The van der Waals surface area contributed by atoms with Crippen LogP contribution in [-0.2, 0) is 18.3 Å². The Bertz CT molecular complexity index is 1420. The van der Waals surface area contributed by atoms with E-state index in [9.17, 15) is 14.7 Å². The number of aliphatic hydroxyl groups is 1. The minimum Gasteiger partial charge on any atom is -0.393 e. The molecule has 2 aromatic heterocycles. The lowest BCUT2D eigenvalue weighted by molar-refractivity contribution is -0.120. The molecule has 0 bridgehead atoms. The zero-order chi connectivity index (χ0) is 27.2. The number of Topliss-reactive ketones (excluding diaryl/α,β-unsaturated/α-hetero) is 1. The van der Waals surface area contributed by atoms with E-state index in [-0.39, 0.29) is 17.8 Å². The number of imidazole rings is 1. The monoisotopic (exact) mass is 525 g/mol. The van der Waals surface area contributed by atoms with Crippen molar-refractivity contribution in [2.45, 2.75) is 57.5 Å². The first-order valence-electron chi connectivity index (χ1n) is 13.7. The van der Waals surface area contributed by atoms with Gasteiger partial charge in [-0.15, -0.1) is 0 Å². The van der Waals surface area contributed by atoms with Gasteiger partial charge >= 0.3 is 0 Å². The predicted molar refractivity (Wildman–Crippen MR) is 151 cm³/mol. The third-order valence-corrected chi connectivity index (χ3v) is 7.40. The molecule has 1 aliphatic rings. The van der Waals surface area contributed by atoms with Crippen molar-refractivity contribution >= 4 is 17.6 Å². The Hall–Kier alpha value is -4.04. The molecule has 2 N–H and O–H groups in total. The van der Waals surface area contributed by atoms with Crippen LogP contribution in [0.4, 0.5) is 5.95 Å². The summed E-state index contributed by atoms with van der Waals surface area (Å²) in [5.74, 6) is 0.875. The van der Waals surface area contributed by atoms with E-state index in [1.54, 1.807) is 16.9 Å². The number of aliphatic hydroxyl groups excluding tert-OH is 1. The molecule has 1 saturated carbocycles. The van der Waals surface area contributed by atoms with Gasteiger partial charge in [-0.05, 0) is 74.3 Å². The lowest BCUT2D eigenvalue weighted by Gasteiger charge is -2.24. The molecule has 1 aliphatic carbocycles. The maximum atomic E-state index is 13.3. The van der Waals surface area contributed by atoms with Crippen molar-refractivity contribution in [3.05, 3.63) is 84.4 Å². The van der Waals surface area contributed by atoms with E-state index in [1.165, 1.54) is 0 Å². The Labute approximate surface area is 228 Å². The van der Waals surface area contributed by atoms with Crippen LogP contribution in [0.2, 0.25) is 0 Å². The predicted octanol–water partition coefficient (Wildman–Crippen LogP) is 5.36. The van der Waals surface area contributed by atoms with Crippen molar-refractivity contribution in [2.75, 3.05) is 5.32 Å². The van der Waals surface area contributed by atoms with Crippen molar-refractivity contribution < 1.29 is 14.7 Å². The van der Waals surface area contributed by atoms with Crippen LogP contribution in [0.5, 0.6) is 0 Å². The smallest absolute Gasteiger partial charge is 0.258 e. The molecule has 5 rings (SSSR count). The van der Waals surface area contributed by atoms with Crippen molar-refractivity contribution in [2.24, 2.45) is 13.0 Å². The van der Waals surface area contributed by atoms with Gasteiger partial charge in [-0.25, -0.2) is 4.98 Å². The highest BCUT2D eigenvalue weighted by molar-refractivity contribution is 6.04. The lowest BCUT2D eigenvalue weighted by Crippen LogP contribution is -2.20. The number of aryl methyl sites for hydroxylation is 2. The van der Waals surface area contributed by atoms with Crippen LogP contribution in [0.15, 0.2) is 73.2 Å². The number of nitrogens with one attached hydrogen (secondary N) is 1. The van der Waals surface area contributed by atoms with Crippen LogP contribution in [0, 0.1) is 5.92 Å². The topological polar surface area (TPSA) is 102 Å².